The van der Waals surface area contributed by atoms with E-state index >= 15 is 0 Å². The van der Waals surface area contributed by atoms with Gasteiger partial charge in [-0.3, -0.25) is 14.4 Å². The van der Waals surface area contributed by atoms with Crippen molar-refractivity contribution in [2.75, 3.05) is 6.54 Å². The molecule has 160 valence electrons. The molecule has 3 N–H and O–H groups in total. The first-order valence-electron chi connectivity index (χ1n) is 10.6. The summed E-state index contributed by atoms with van der Waals surface area (Å²) in [5.74, 6) is -0.454. The molecular formula is C23H30N4O3. The van der Waals surface area contributed by atoms with Crippen LogP contribution in [0.25, 0.3) is 10.9 Å². The fourth-order valence-corrected chi connectivity index (χ4v) is 3.39. The third-order valence-electron chi connectivity index (χ3n) is 5.10. The van der Waals surface area contributed by atoms with Crippen LogP contribution in [-0.2, 0) is 20.8 Å². The number of aromatic nitrogens is 1. The molecule has 1 aromatic carbocycles. The Morgan fingerprint density at radius 3 is 2.73 bits per heavy atom. The quantitative estimate of drug-likeness (QED) is 0.440. The standard InChI is InChI=1S/C23H30N4O3/c1-2-18(28)8-4-3-5-11-21(27-22(29)12-14-24)23(30)25-15-13-17-16-26-20-10-7-6-9-19(17)20/h6-7,9-10,16,21,26H,2-5,8,11-13,15H2,1H3,(H,25,30)(H,27,29). The van der Waals surface area contributed by atoms with Gasteiger partial charge < -0.3 is 15.6 Å². The van der Waals surface area contributed by atoms with E-state index in [-0.39, 0.29) is 18.1 Å². The predicted octanol–water partition coefficient (Wildman–Crippen LogP) is 3.15. The van der Waals surface area contributed by atoms with E-state index in [4.69, 9.17) is 5.26 Å². The maximum absolute atomic E-state index is 12.6. The van der Waals surface area contributed by atoms with E-state index in [1.807, 2.05) is 37.4 Å². The first-order chi connectivity index (χ1) is 14.5. The minimum atomic E-state index is -0.671. The summed E-state index contributed by atoms with van der Waals surface area (Å²) >= 11 is 0. The molecule has 30 heavy (non-hydrogen) atoms. The molecule has 1 unspecified atom stereocenters. The predicted molar refractivity (Wildman–Crippen MR) is 116 cm³/mol. The number of Topliss-reactive ketones (excluding diaryl/α,β-unsaturated/α-hetero) is 1. The van der Waals surface area contributed by atoms with Gasteiger partial charge in [0.15, 0.2) is 0 Å². The number of H-pyrrole nitrogens is 1. The largest absolute Gasteiger partial charge is 0.361 e. The number of carbonyl (C=O) groups excluding carboxylic acids is 3. The molecule has 1 aromatic heterocycles. The Morgan fingerprint density at radius 1 is 1.17 bits per heavy atom. The smallest absolute Gasteiger partial charge is 0.242 e. The van der Waals surface area contributed by atoms with Gasteiger partial charge in [0.2, 0.25) is 11.8 Å². The van der Waals surface area contributed by atoms with Crippen LogP contribution in [-0.4, -0.2) is 35.2 Å². The molecule has 0 aliphatic carbocycles. The maximum Gasteiger partial charge on any atom is 0.242 e. The van der Waals surface area contributed by atoms with Gasteiger partial charge >= 0.3 is 0 Å². The number of unbranched alkanes of at least 4 members (excludes halogenated alkanes) is 2. The summed E-state index contributed by atoms with van der Waals surface area (Å²) in [4.78, 5) is 39.0. The van der Waals surface area contributed by atoms with E-state index in [1.54, 1.807) is 6.07 Å². The third-order valence-corrected chi connectivity index (χ3v) is 5.10. The van der Waals surface area contributed by atoms with Crippen LogP contribution in [0.3, 0.4) is 0 Å². The average molecular weight is 411 g/mol. The number of para-hydroxylation sites is 1. The third kappa shape index (κ3) is 7.36. The lowest BCUT2D eigenvalue weighted by Crippen LogP contribution is -2.47. The Balaban J connectivity index is 1.83. The number of amides is 2. The van der Waals surface area contributed by atoms with Gasteiger partial charge in [-0.05, 0) is 30.9 Å². The molecule has 0 saturated heterocycles. The molecule has 0 radical (unpaired) electrons. The van der Waals surface area contributed by atoms with E-state index in [1.165, 1.54) is 0 Å². The Bertz CT molecular complexity index is 897. The van der Waals surface area contributed by atoms with Crippen molar-refractivity contribution < 1.29 is 14.4 Å². The van der Waals surface area contributed by atoms with Crippen LogP contribution in [0.1, 0.15) is 57.4 Å². The van der Waals surface area contributed by atoms with Gasteiger partial charge in [-0.25, -0.2) is 0 Å². The number of nitrogens with zero attached hydrogens (tertiary/aromatic N) is 1. The second kappa shape index (κ2) is 12.4. The highest BCUT2D eigenvalue weighted by atomic mass is 16.2. The summed E-state index contributed by atoms with van der Waals surface area (Å²) in [6, 6.07) is 9.12. The van der Waals surface area contributed by atoms with Crippen molar-refractivity contribution in [2.45, 2.75) is 64.3 Å². The van der Waals surface area contributed by atoms with Crippen LogP contribution < -0.4 is 10.6 Å². The summed E-state index contributed by atoms with van der Waals surface area (Å²) in [6.07, 6.45) is 6.26. The number of ketones is 1. The number of fused-ring (bicyclic) bond motifs is 1. The number of nitriles is 1. The van der Waals surface area contributed by atoms with Crippen LogP contribution >= 0.6 is 0 Å². The van der Waals surface area contributed by atoms with E-state index in [2.05, 4.69) is 15.6 Å². The maximum atomic E-state index is 12.6. The summed E-state index contributed by atoms with van der Waals surface area (Å²) in [6.45, 7) is 2.31. The molecule has 2 aromatic rings. The van der Waals surface area contributed by atoms with E-state index < -0.39 is 11.9 Å². The van der Waals surface area contributed by atoms with Crippen LogP contribution in [0.5, 0.6) is 0 Å². The minimum Gasteiger partial charge on any atom is -0.361 e. The van der Waals surface area contributed by atoms with Gasteiger partial charge in [-0.1, -0.05) is 38.0 Å². The van der Waals surface area contributed by atoms with Crippen molar-refractivity contribution in [1.29, 1.82) is 5.26 Å². The number of hydrogen-bond acceptors (Lipinski definition) is 4. The van der Waals surface area contributed by atoms with Crippen molar-refractivity contribution in [1.82, 2.24) is 15.6 Å². The van der Waals surface area contributed by atoms with Crippen molar-refractivity contribution in [2.24, 2.45) is 0 Å². The number of carbonyl (C=O) groups is 3. The number of rotatable bonds is 13. The Morgan fingerprint density at radius 2 is 1.97 bits per heavy atom. The molecular weight excluding hydrogens is 380 g/mol. The number of nitrogens with one attached hydrogen (secondary N) is 3. The molecule has 7 heteroatoms. The molecule has 0 aliphatic heterocycles. The van der Waals surface area contributed by atoms with E-state index in [0.717, 1.165) is 35.7 Å². The van der Waals surface area contributed by atoms with Crippen molar-refractivity contribution in [3.05, 3.63) is 36.0 Å². The fourth-order valence-electron chi connectivity index (χ4n) is 3.39. The molecule has 2 amide bonds. The Kier molecular flexibility index (Phi) is 9.59. The summed E-state index contributed by atoms with van der Waals surface area (Å²) in [5, 5.41) is 15.4. The lowest BCUT2D eigenvalue weighted by Gasteiger charge is -2.18. The van der Waals surface area contributed by atoms with Gasteiger partial charge in [0.1, 0.15) is 18.2 Å². The van der Waals surface area contributed by atoms with Crippen molar-refractivity contribution in [3.8, 4) is 6.07 Å². The summed E-state index contributed by atoms with van der Waals surface area (Å²) < 4.78 is 0. The highest BCUT2D eigenvalue weighted by molar-refractivity contribution is 5.88. The van der Waals surface area contributed by atoms with Crippen LogP contribution in [0.4, 0.5) is 0 Å². The molecule has 2 rings (SSSR count). The highest BCUT2D eigenvalue weighted by Gasteiger charge is 2.20. The number of aromatic amines is 1. The first kappa shape index (κ1) is 23.1. The van der Waals surface area contributed by atoms with Gasteiger partial charge in [0, 0.05) is 36.5 Å². The average Bonchev–Trinajstić information content (AvgIpc) is 3.15. The van der Waals surface area contributed by atoms with Gasteiger partial charge in [-0.2, -0.15) is 5.26 Å². The van der Waals surface area contributed by atoms with Crippen LogP contribution in [0.2, 0.25) is 0 Å². The van der Waals surface area contributed by atoms with Crippen molar-refractivity contribution in [3.63, 3.8) is 0 Å². The van der Waals surface area contributed by atoms with E-state index in [9.17, 15) is 14.4 Å². The van der Waals surface area contributed by atoms with E-state index in [0.29, 0.717) is 32.2 Å². The normalized spacial score (nSPS) is 11.6. The second-order valence-corrected chi connectivity index (χ2v) is 7.35. The Labute approximate surface area is 177 Å². The molecule has 0 spiro atoms. The van der Waals surface area contributed by atoms with Crippen LogP contribution in [0.15, 0.2) is 30.5 Å². The zero-order chi connectivity index (χ0) is 21.8. The molecule has 1 atom stereocenters. The zero-order valence-electron chi connectivity index (χ0n) is 17.5. The Hall–Kier alpha value is -3.14. The monoisotopic (exact) mass is 410 g/mol. The SMILES string of the molecule is CCC(=O)CCCCCC(NC(=O)CC#N)C(=O)NCCc1c[nH]c2ccccc12. The van der Waals surface area contributed by atoms with Crippen LogP contribution in [0, 0.1) is 11.3 Å². The zero-order valence-corrected chi connectivity index (χ0v) is 17.5. The lowest BCUT2D eigenvalue weighted by atomic mass is 10.0. The minimum absolute atomic E-state index is 0.240. The molecule has 0 bridgehead atoms. The topological polar surface area (TPSA) is 115 Å². The molecule has 7 nitrogen and oxygen atoms in total. The highest BCUT2D eigenvalue weighted by Crippen LogP contribution is 2.17. The summed E-state index contributed by atoms with van der Waals surface area (Å²) in [7, 11) is 0. The lowest BCUT2D eigenvalue weighted by molar-refractivity contribution is -0.128. The number of benzene rings is 1. The molecule has 0 saturated carbocycles. The molecule has 1 heterocycles. The van der Waals surface area contributed by atoms with Gasteiger partial charge in [-0.15, -0.1) is 0 Å². The first-order valence-corrected chi connectivity index (χ1v) is 10.6. The van der Waals surface area contributed by atoms with Gasteiger partial charge in [0.25, 0.3) is 0 Å². The second-order valence-electron chi connectivity index (χ2n) is 7.35. The molecule has 0 aliphatic rings. The molecule has 0 fully saturated rings. The number of hydrogen-bond donors (Lipinski definition) is 3. The summed E-state index contributed by atoms with van der Waals surface area (Å²) in [5.41, 5.74) is 2.18. The van der Waals surface area contributed by atoms with Crippen molar-refractivity contribution >= 4 is 28.5 Å². The fraction of sp³-hybridized carbons (Fsp3) is 0.478. The van der Waals surface area contributed by atoms with Gasteiger partial charge in [0.05, 0.1) is 6.07 Å².